The van der Waals surface area contributed by atoms with Gasteiger partial charge in [0, 0.05) is 47.1 Å². The van der Waals surface area contributed by atoms with E-state index in [1.807, 2.05) is 36.4 Å². The summed E-state index contributed by atoms with van der Waals surface area (Å²) < 4.78 is 28.7. The Labute approximate surface area is 245 Å². The normalized spacial score (nSPS) is 13.0. The number of aliphatic hydroxyl groups is 1. The number of nitrogens with zero attached hydrogens (tertiary/aromatic N) is 2. The summed E-state index contributed by atoms with van der Waals surface area (Å²) in [6.45, 7) is 3.24. The SMILES string of the molecule is CC(c1ccccc1)c1csc(-c2ccc(S(=O)(=O)Nc3ccc(CCNCC(O)c4cccnc4)cc3)cc2)n1. The topological polar surface area (TPSA) is 104 Å². The number of aromatic nitrogens is 2. The Morgan fingerprint density at radius 2 is 1.63 bits per heavy atom. The third-order valence-electron chi connectivity index (χ3n) is 6.88. The van der Waals surface area contributed by atoms with Crippen molar-refractivity contribution in [1.82, 2.24) is 15.3 Å². The van der Waals surface area contributed by atoms with Crippen LogP contribution in [0, 0.1) is 0 Å². The molecule has 0 aliphatic carbocycles. The van der Waals surface area contributed by atoms with Crippen LogP contribution >= 0.6 is 11.3 Å². The predicted molar refractivity (Wildman–Crippen MR) is 165 cm³/mol. The maximum absolute atomic E-state index is 13.0. The molecule has 3 aromatic carbocycles. The molecular formula is C32H32N4O3S2. The molecule has 2 heterocycles. The van der Waals surface area contributed by atoms with Crippen LogP contribution in [0.3, 0.4) is 0 Å². The third-order valence-corrected chi connectivity index (χ3v) is 9.19. The van der Waals surface area contributed by atoms with Gasteiger partial charge in [-0.3, -0.25) is 9.71 Å². The van der Waals surface area contributed by atoms with Crippen molar-refractivity contribution in [3.63, 3.8) is 0 Å². The fraction of sp³-hybridized carbons (Fsp3) is 0.188. The zero-order chi connectivity index (χ0) is 28.7. The number of anilines is 1. The summed E-state index contributed by atoms with van der Waals surface area (Å²) in [4.78, 5) is 9.03. The van der Waals surface area contributed by atoms with Crippen molar-refractivity contribution < 1.29 is 13.5 Å². The van der Waals surface area contributed by atoms with Gasteiger partial charge in [-0.25, -0.2) is 13.4 Å². The quantitative estimate of drug-likeness (QED) is 0.155. The minimum absolute atomic E-state index is 0.179. The van der Waals surface area contributed by atoms with Crippen molar-refractivity contribution in [3.8, 4) is 10.6 Å². The maximum atomic E-state index is 13.0. The van der Waals surface area contributed by atoms with E-state index in [1.54, 1.807) is 66.2 Å². The van der Waals surface area contributed by atoms with E-state index < -0.39 is 16.1 Å². The van der Waals surface area contributed by atoms with Crippen LogP contribution in [-0.4, -0.2) is 36.6 Å². The molecule has 0 saturated carbocycles. The van der Waals surface area contributed by atoms with Crippen LogP contribution in [0.15, 0.2) is 114 Å². The fourth-order valence-electron chi connectivity index (χ4n) is 4.42. The van der Waals surface area contributed by atoms with Crippen LogP contribution in [0.1, 0.15) is 41.3 Å². The molecule has 2 unspecified atom stereocenters. The van der Waals surface area contributed by atoms with Crippen molar-refractivity contribution in [3.05, 3.63) is 131 Å². The molecule has 0 aliphatic heterocycles. The Kier molecular flexibility index (Phi) is 9.21. The molecule has 0 spiro atoms. The zero-order valence-corrected chi connectivity index (χ0v) is 24.3. The monoisotopic (exact) mass is 584 g/mol. The van der Waals surface area contributed by atoms with Gasteiger partial charge < -0.3 is 10.4 Å². The number of hydrogen-bond acceptors (Lipinski definition) is 7. The molecule has 7 nitrogen and oxygen atoms in total. The first-order valence-corrected chi connectivity index (χ1v) is 15.8. The van der Waals surface area contributed by atoms with E-state index in [0.717, 1.165) is 33.8 Å². The molecule has 0 saturated heterocycles. The lowest BCUT2D eigenvalue weighted by molar-refractivity contribution is 0.174. The third kappa shape index (κ3) is 7.45. The lowest BCUT2D eigenvalue weighted by atomic mass is 9.99. The highest BCUT2D eigenvalue weighted by molar-refractivity contribution is 7.92. The number of aliphatic hydroxyl groups excluding tert-OH is 1. The summed E-state index contributed by atoms with van der Waals surface area (Å²) >= 11 is 1.55. The Morgan fingerprint density at radius 1 is 0.902 bits per heavy atom. The summed E-state index contributed by atoms with van der Waals surface area (Å²) in [6, 6.07) is 28.0. The highest BCUT2D eigenvalue weighted by Crippen LogP contribution is 2.31. The molecule has 3 N–H and O–H groups in total. The van der Waals surface area contributed by atoms with E-state index in [4.69, 9.17) is 4.98 Å². The molecule has 0 amide bonds. The van der Waals surface area contributed by atoms with Crippen molar-refractivity contribution in [1.29, 1.82) is 0 Å². The Morgan fingerprint density at radius 3 is 2.34 bits per heavy atom. The van der Waals surface area contributed by atoms with Gasteiger partial charge in [0.25, 0.3) is 10.0 Å². The number of pyridine rings is 1. The van der Waals surface area contributed by atoms with E-state index >= 15 is 0 Å². The molecule has 5 aromatic rings. The highest BCUT2D eigenvalue weighted by atomic mass is 32.2. The van der Waals surface area contributed by atoms with Crippen LogP contribution in [0.5, 0.6) is 0 Å². The van der Waals surface area contributed by atoms with E-state index in [1.165, 1.54) is 5.56 Å². The lowest BCUT2D eigenvalue weighted by Gasteiger charge is -2.12. The Bertz CT molecular complexity index is 1640. The van der Waals surface area contributed by atoms with Gasteiger partial charge in [-0.15, -0.1) is 11.3 Å². The van der Waals surface area contributed by atoms with Crippen molar-refractivity contribution in [2.24, 2.45) is 0 Å². The summed E-state index contributed by atoms with van der Waals surface area (Å²) in [5, 5.41) is 16.4. The minimum Gasteiger partial charge on any atom is -0.387 e. The number of thiazole rings is 1. The summed E-state index contributed by atoms with van der Waals surface area (Å²) in [5.74, 6) is 0.179. The predicted octanol–water partition coefficient (Wildman–Crippen LogP) is 6.02. The highest BCUT2D eigenvalue weighted by Gasteiger charge is 2.17. The number of benzene rings is 3. The van der Waals surface area contributed by atoms with Crippen LogP contribution < -0.4 is 10.0 Å². The average molecular weight is 585 g/mol. The van der Waals surface area contributed by atoms with E-state index in [-0.39, 0.29) is 10.8 Å². The first kappa shape index (κ1) is 28.6. The van der Waals surface area contributed by atoms with Gasteiger partial charge in [-0.2, -0.15) is 0 Å². The van der Waals surface area contributed by atoms with Gasteiger partial charge in [0.1, 0.15) is 5.01 Å². The maximum Gasteiger partial charge on any atom is 0.261 e. The molecule has 2 atom stereocenters. The summed E-state index contributed by atoms with van der Waals surface area (Å²) in [6.07, 6.45) is 3.47. The van der Waals surface area contributed by atoms with Gasteiger partial charge in [-0.1, -0.05) is 67.6 Å². The second kappa shape index (κ2) is 13.2. The molecule has 0 radical (unpaired) electrons. The van der Waals surface area contributed by atoms with Crippen LogP contribution in [0.2, 0.25) is 0 Å². The minimum atomic E-state index is -3.74. The van der Waals surface area contributed by atoms with Crippen LogP contribution in [0.25, 0.3) is 10.6 Å². The number of nitrogens with one attached hydrogen (secondary N) is 2. The number of rotatable bonds is 12. The molecule has 0 bridgehead atoms. The molecule has 5 rings (SSSR count). The van der Waals surface area contributed by atoms with Crippen LogP contribution in [0.4, 0.5) is 5.69 Å². The molecule has 9 heteroatoms. The average Bonchev–Trinajstić information content (AvgIpc) is 3.51. The molecule has 210 valence electrons. The van der Waals surface area contributed by atoms with Gasteiger partial charge in [-0.05, 0) is 54.4 Å². The zero-order valence-electron chi connectivity index (χ0n) is 22.6. The first-order chi connectivity index (χ1) is 19.9. The molecule has 2 aromatic heterocycles. The smallest absolute Gasteiger partial charge is 0.261 e. The van der Waals surface area contributed by atoms with Gasteiger partial charge in [0.05, 0.1) is 16.7 Å². The standard InChI is InChI=1S/C32H32N4O3S2/c1-23(25-6-3-2-4-7-25)30-22-40-32(35-30)26-11-15-29(16-12-26)41(38,39)36-28-13-9-24(10-14-28)17-19-34-21-31(37)27-8-5-18-33-20-27/h2-16,18,20,22-23,31,34,36-37H,17,19,21H2,1H3. The molecule has 41 heavy (non-hydrogen) atoms. The van der Waals surface area contributed by atoms with Gasteiger partial charge in [0.2, 0.25) is 0 Å². The first-order valence-electron chi connectivity index (χ1n) is 13.4. The van der Waals surface area contributed by atoms with Crippen molar-refractivity contribution in [2.75, 3.05) is 17.8 Å². The fourth-order valence-corrected chi connectivity index (χ4v) is 6.40. The van der Waals surface area contributed by atoms with Gasteiger partial charge >= 0.3 is 0 Å². The Hall–Kier alpha value is -3.89. The second-order valence-electron chi connectivity index (χ2n) is 9.79. The van der Waals surface area contributed by atoms with E-state index in [0.29, 0.717) is 18.8 Å². The summed E-state index contributed by atoms with van der Waals surface area (Å²) in [5.41, 5.74) is 5.42. The van der Waals surface area contributed by atoms with Crippen LogP contribution in [-0.2, 0) is 16.4 Å². The molecule has 0 fully saturated rings. The second-order valence-corrected chi connectivity index (χ2v) is 12.3. The Balaban J connectivity index is 1.14. The number of hydrogen-bond donors (Lipinski definition) is 3. The van der Waals surface area contributed by atoms with Crippen molar-refractivity contribution >= 4 is 27.0 Å². The van der Waals surface area contributed by atoms with Crippen molar-refractivity contribution in [2.45, 2.75) is 30.3 Å². The summed E-state index contributed by atoms with van der Waals surface area (Å²) in [7, 11) is -3.74. The van der Waals surface area contributed by atoms with Gasteiger partial charge in [0.15, 0.2) is 0 Å². The lowest BCUT2D eigenvalue weighted by Crippen LogP contribution is -2.23. The van der Waals surface area contributed by atoms with E-state index in [2.05, 4.69) is 39.5 Å². The molecular weight excluding hydrogens is 553 g/mol. The van der Waals surface area contributed by atoms with E-state index in [9.17, 15) is 13.5 Å². The largest absolute Gasteiger partial charge is 0.387 e. The molecule has 0 aliphatic rings. The number of sulfonamides is 1.